The van der Waals surface area contributed by atoms with Crippen molar-refractivity contribution in [3.63, 3.8) is 0 Å². The zero-order chi connectivity index (χ0) is 16.5. The molecule has 0 amide bonds. The quantitative estimate of drug-likeness (QED) is 0.725. The maximum Gasteiger partial charge on any atom is 0.252 e. The average molecular weight is 345 g/mol. The van der Waals surface area contributed by atoms with Gasteiger partial charge in [-0.25, -0.2) is 9.97 Å². The van der Waals surface area contributed by atoms with Gasteiger partial charge in [0.1, 0.15) is 12.4 Å². The molecule has 1 fully saturated rings. The van der Waals surface area contributed by atoms with Crippen LogP contribution in [0.4, 0.5) is 5.82 Å². The first kappa shape index (κ1) is 15.4. The second-order valence-corrected chi connectivity index (χ2v) is 6.11. The molecule has 1 aromatic carbocycles. The smallest absolute Gasteiger partial charge is 0.252 e. The lowest BCUT2D eigenvalue weighted by Gasteiger charge is -2.33. The van der Waals surface area contributed by atoms with Crippen molar-refractivity contribution in [2.45, 2.75) is 19.4 Å². The first-order valence-corrected chi connectivity index (χ1v) is 8.35. The van der Waals surface area contributed by atoms with Gasteiger partial charge in [0.05, 0.1) is 6.61 Å². The van der Waals surface area contributed by atoms with Gasteiger partial charge < -0.3 is 14.1 Å². The minimum atomic E-state index is -0.0291. The van der Waals surface area contributed by atoms with Crippen LogP contribution < -0.4 is 4.90 Å². The van der Waals surface area contributed by atoms with E-state index >= 15 is 0 Å². The van der Waals surface area contributed by atoms with Gasteiger partial charge in [-0.15, -0.1) is 0 Å². The highest BCUT2D eigenvalue weighted by atomic mass is 35.5. The maximum atomic E-state index is 5.97. The van der Waals surface area contributed by atoms with Crippen LogP contribution in [-0.2, 0) is 11.2 Å². The highest BCUT2D eigenvalue weighted by molar-refractivity contribution is 6.30. The Morgan fingerprint density at radius 1 is 1.25 bits per heavy atom. The third-order valence-electron chi connectivity index (χ3n) is 4.13. The number of benzene rings is 1. The normalized spacial score (nSPS) is 18.2. The molecule has 2 aromatic heterocycles. The van der Waals surface area contributed by atoms with E-state index in [9.17, 15) is 0 Å². The summed E-state index contributed by atoms with van der Waals surface area (Å²) in [5.41, 5.74) is 2.35. The van der Waals surface area contributed by atoms with E-state index in [0.29, 0.717) is 30.3 Å². The first-order chi connectivity index (χ1) is 11.7. The largest absolute Gasteiger partial charge is 0.422 e. The van der Waals surface area contributed by atoms with Crippen LogP contribution >= 0.6 is 11.6 Å². The Hall–Kier alpha value is -2.18. The van der Waals surface area contributed by atoms with Crippen molar-refractivity contribution < 1.29 is 9.15 Å². The van der Waals surface area contributed by atoms with Gasteiger partial charge in [0.25, 0.3) is 5.71 Å². The molecule has 0 radical (unpaired) electrons. The highest BCUT2D eigenvalue weighted by Gasteiger charge is 2.25. The second kappa shape index (κ2) is 6.37. The van der Waals surface area contributed by atoms with Crippen LogP contribution in [0.1, 0.15) is 24.5 Å². The molecule has 4 rings (SSSR count). The third kappa shape index (κ3) is 2.83. The SMILES string of the molecule is CCc1nc2c(N3CCO[C@@H](c4ccc(Cl)cc4)C3)ncnc2o1. The number of fused-ring (bicyclic) bond motifs is 1. The molecule has 0 N–H and O–H groups in total. The third-order valence-corrected chi connectivity index (χ3v) is 4.38. The lowest BCUT2D eigenvalue weighted by atomic mass is 10.1. The Morgan fingerprint density at radius 3 is 2.88 bits per heavy atom. The van der Waals surface area contributed by atoms with Gasteiger partial charge in [-0.05, 0) is 17.7 Å². The molecule has 0 aliphatic carbocycles. The van der Waals surface area contributed by atoms with E-state index < -0.39 is 0 Å². The predicted molar refractivity (Wildman–Crippen MR) is 91.3 cm³/mol. The summed E-state index contributed by atoms with van der Waals surface area (Å²) in [6, 6.07) is 7.76. The molecular weight excluding hydrogens is 328 g/mol. The fourth-order valence-electron chi connectivity index (χ4n) is 2.89. The number of aromatic nitrogens is 3. The van der Waals surface area contributed by atoms with E-state index in [1.807, 2.05) is 31.2 Å². The van der Waals surface area contributed by atoms with Gasteiger partial charge >= 0.3 is 0 Å². The number of nitrogens with zero attached hydrogens (tertiary/aromatic N) is 4. The van der Waals surface area contributed by atoms with E-state index in [1.165, 1.54) is 6.33 Å². The lowest BCUT2D eigenvalue weighted by Crippen LogP contribution is -2.39. The first-order valence-electron chi connectivity index (χ1n) is 7.97. The number of oxazole rings is 1. The van der Waals surface area contributed by atoms with Crippen LogP contribution in [0, 0.1) is 0 Å². The van der Waals surface area contributed by atoms with Gasteiger partial charge in [0.15, 0.2) is 17.2 Å². The summed E-state index contributed by atoms with van der Waals surface area (Å²) in [6.07, 6.45) is 2.22. The van der Waals surface area contributed by atoms with E-state index in [2.05, 4.69) is 19.9 Å². The Balaban J connectivity index is 1.64. The molecule has 3 aromatic rings. The lowest BCUT2D eigenvalue weighted by molar-refractivity contribution is 0.0396. The number of aryl methyl sites for hydroxylation is 1. The van der Waals surface area contributed by atoms with Gasteiger partial charge in [0, 0.05) is 24.5 Å². The molecule has 6 nitrogen and oxygen atoms in total. The Morgan fingerprint density at radius 2 is 2.08 bits per heavy atom. The van der Waals surface area contributed by atoms with E-state index in [4.69, 9.17) is 20.8 Å². The van der Waals surface area contributed by atoms with Crippen molar-refractivity contribution in [1.29, 1.82) is 0 Å². The molecule has 3 heterocycles. The van der Waals surface area contributed by atoms with Crippen LogP contribution in [0.5, 0.6) is 0 Å². The summed E-state index contributed by atoms with van der Waals surface area (Å²) in [7, 11) is 0. The monoisotopic (exact) mass is 344 g/mol. The summed E-state index contributed by atoms with van der Waals surface area (Å²) in [4.78, 5) is 15.3. The van der Waals surface area contributed by atoms with Gasteiger partial charge in [0.2, 0.25) is 0 Å². The summed E-state index contributed by atoms with van der Waals surface area (Å²) in [5.74, 6) is 1.47. The highest BCUT2D eigenvalue weighted by Crippen LogP contribution is 2.29. The molecule has 1 aliphatic rings. The van der Waals surface area contributed by atoms with Crippen molar-refractivity contribution in [2.24, 2.45) is 0 Å². The summed E-state index contributed by atoms with van der Waals surface area (Å²) in [5, 5.41) is 0.721. The van der Waals surface area contributed by atoms with Crippen LogP contribution in [0.25, 0.3) is 11.2 Å². The minimum absolute atomic E-state index is 0.0291. The van der Waals surface area contributed by atoms with Crippen LogP contribution in [0.2, 0.25) is 5.02 Å². The topological polar surface area (TPSA) is 64.3 Å². The fraction of sp³-hybridized carbons (Fsp3) is 0.353. The number of morpholine rings is 1. The number of ether oxygens (including phenoxy) is 1. The second-order valence-electron chi connectivity index (χ2n) is 5.67. The number of anilines is 1. The number of halogens is 1. The summed E-state index contributed by atoms with van der Waals surface area (Å²) in [6.45, 7) is 4.08. The fourth-order valence-corrected chi connectivity index (χ4v) is 3.01. The standard InChI is InChI=1S/C17H17ClN4O2/c1-2-14-21-15-16(19-10-20-17(15)24-14)22-7-8-23-13(9-22)11-3-5-12(18)6-4-11/h3-6,10,13H,2,7-9H2,1H3/t13-/m1/s1. The molecule has 1 aliphatic heterocycles. The van der Waals surface area contributed by atoms with Crippen molar-refractivity contribution in [2.75, 3.05) is 24.6 Å². The van der Waals surface area contributed by atoms with Crippen molar-refractivity contribution in [3.05, 3.63) is 47.1 Å². The van der Waals surface area contributed by atoms with Gasteiger partial charge in [-0.2, -0.15) is 4.98 Å². The molecule has 7 heteroatoms. The molecule has 0 saturated carbocycles. The van der Waals surface area contributed by atoms with Crippen LogP contribution in [-0.4, -0.2) is 34.6 Å². The molecule has 0 unspecified atom stereocenters. The van der Waals surface area contributed by atoms with Gasteiger partial charge in [-0.3, -0.25) is 0 Å². The summed E-state index contributed by atoms with van der Waals surface area (Å²) >= 11 is 5.97. The number of hydrogen-bond acceptors (Lipinski definition) is 6. The van der Waals surface area contributed by atoms with Crippen molar-refractivity contribution in [3.8, 4) is 0 Å². The van der Waals surface area contributed by atoms with Crippen molar-refractivity contribution >= 4 is 28.6 Å². The molecule has 1 atom stereocenters. The zero-order valence-corrected chi connectivity index (χ0v) is 14.0. The van der Waals surface area contributed by atoms with E-state index in [0.717, 1.165) is 29.4 Å². The molecule has 0 bridgehead atoms. The molecular formula is C17H17ClN4O2. The number of hydrogen-bond donors (Lipinski definition) is 0. The van der Waals surface area contributed by atoms with E-state index in [-0.39, 0.29) is 6.10 Å². The molecule has 0 spiro atoms. The van der Waals surface area contributed by atoms with Crippen LogP contribution in [0.3, 0.4) is 0 Å². The summed E-state index contributed by atoms with van der Waals surface area (Å²) < 4.78 is 11.6. The Labute approximate surface area is 144 Å². The Kier molecular flexibility index (Phi) is 4.08. The minimum Gasteiger partial charge on any atom is -0.422 e. The Bertz CT molecular complexity index is 849. The van der Waals surface area contributed by atoms with Crippen LogP contribution in [0.15, 0.2) is 35.0 Å². The maximum absolute atomic E-state index is 5.97. The molecule has 1 saturated heterocycles. The zero-order valence-electron chi connectivity index (χ0n) is 13.3. The molecule has 24 heavy (non-hydrogen) atoms. The van der Waals surface area contributed by atoms with E-state index in [1.54, 1.807) is 0 Å². The number of rotatable bonds is 3. The predicted octanol–water partition coefficient (Wildman–Crippen LogP) is 3.41. The van der Waals surface area contributed by atoms with Gasteiger partial charge in [-0.1, -0.05) is 30.7 Å². The average Bonchev–Trinajstić information content (AvgIpc) is 3.06. The van der Waals surface area contributed by atoms with Crippen molar-refractivity contribution in [1.82, 2.24) is 15.0 Å². The molecule has 124 valence electrons.